The van der Waals surface area contributed by atoms with E-state index >= 15 is 0 Å². The molecule has 72 valence electrons. The Morgan fingerprint density at radius 1 is 1.50 bits per heavy atom. The molecule has 1 heterocycles. The van der Waals surface area contributed by atoms with E-state index in [4.69, 9.17) is 5.73 Å². The molecule has 0 aromatic heterocycles. The van der Waals surface area contributed by atoms with Crippen molar-refractivity contribution in [3.8, 4) is 0 Å². The Hall–Kier alpha value is -1.84. The fourth-order valence-electron chi connectivity index (χ4n) is 1.65. The number of nitrogens with one attached hydrogen (secondary N) is 1. The average molecular weight is 189 g/mol. The third kappa shape index (κ3) is 1.25. The molecule has 1 aromatic rings. The van der Waals surface area contributed by atoms with Gasteiger partial charge in [0.1, 0.15) is 5.84 Å². The molecule has 0 bridgehead atoms. The minimum Gasteiger partial charge on any atom is -0.388 e. The lowest BCUT2D eigenvalue weighted by Crippen LogP contribution is -2.24. The molecule has 0 atom stereocenters. The van der Waals surface area contributed by atoms with Crippen molar-refractivity contribution in [3.63, 3.8) is 0 Å². The van der Waals surface area contributed by atoms with E-state index in [0.717, 1.165) is 16.8 Å². The standard InChI is InChI=1S/C10H11N3O/c1-12-7-4-2-3-6-5-8(14)13-10(11)9(6)7/h2-4,12H,5H2,1H3,(H2,11,13,14). The maximum atomic E-state index is 11.1. The number of nitrogens with two attached hydrogens (primary N) is 1. The molecular weight excluding hydrogens is 178 g/mol. The summed E-state index contributed by atoms with van der Waals surface area (Å²) in [7, 11) is 1.82. The van der Waals surface area contributed by atoms with Crippen molar-refractivity contribution in [1.82, 2.24) is 0 Å². The molecule has 0 radical (unpaired) electrons. The van der Waals surface area contributed by atoms with Gasteiger partial charge in [0.15, 0.2) is 0 Å². The summed E-state index contributed by atoms with van der Waals surface area (Å²) in [4.78, 5) is 14.9. The first-order valence-electron chi connectivity index (χ1n) is 4.39. The smallest absolute Gasteiger partial charge is 0.252 e. The summed E-state index contributed by atoms with van der Waals surface area (Å²) in [6, 6.07) is 5.71. The van der Waals surface area contributed by atoms with Gasteiger partial charge in [0.25, 0.3) is 5.91 Å². The molecule has 2 rings (SSSR count). The highest BCUT2D eigenvalue weighted by atomic mass is 16.1. The summed E-state index contributed by atoms with van der Waals surface area (Å²) in [5.74, 6) is 0.129. The van der Waals surface area contributed by atoms with E-state index < -0.39 is 0 Å². The van der Waals surface area contributed by atoms with E-state index in [1.54, 1.807) is 0 Å². The van der Waals surface area contributed by atoms with Crippen LogP contribution in [0.15, 0.2) is 23.2 Å². The molecule has 0 spiro atoms. The highest BCUT2D eigenvalue weighted by Gasteiger charge is 2.19. The first-order valence-corrected chi connectivity index (χ1v) is 4.39. The molecule has 1 aromatic carbocycles. The predicted octanol–water partition coefficient (Wildman–Crippen LogP) is 0.516. The molecule has 14 heavy (non-hydrogen) atoms. The van der Waals surface area contributed by atoms with Gasteiger partial charge in [-0.3, -0.25) is 4.79 Å². The second-order valence-electron chi connectivity index (χ2n) is 3.16. The summed E-state index contributed by atoms with van der Waals surface area (Å²) >= 11 is 0. The molecule has 0 unspecified atom stereocenters. The monoisotopic (exact) mass is 189 g/mol. The van der Waals surface area contributed by atoms with Gasteiger partial charge in [-0.15, -0.1) is 0 Å². The van der Waals surface area contributed by atoms with Crippen LogP contribution in [0.5, 0.6) is 0 Å². The number of hydrogen-bond donors (Lipinski definition) is 2. The SMILES string of the molecule is CNc1cccc2c1C(N)=NC(=O)C2. The molecule has 1 amide bonds. The van der Waals surface area contributed by atoms with E-state index in [-0.39, 0.29) is 5.91 Å². The lowest BCUT2D eigenvalue weighted by Gasteiger charge is -2.16. The summed E-state index contributed by atoms with van der Waals surface area (Å²) in [5, 5.41) is 3.03. The van der Waals surface area contributed by atoms with Gasteiger partial charge in [-0.1, -0.05) is 12.1 Å². The number of fused-ring (bicyclic) bond motifs is 1. The van der Waals surface area contributed by atoms with Crippen molar-refractivity contribution < 1.29 is 4.79 Å². The van der Waals surface area contributed by atoms with Crippen molar-refractivity contribution in [1.29, 1.82) is 0 Å². The second kappa shape index (κ2) is 3.14. The van der Waals surface area contributed by atoms with Gasteiger partial charge < -0.3 is 11.1 Å². The molecule has 1 aliphatic heterocycles. The number of aliphatic imine (C=N–C) groups is 1. The van der Waals surface area contributed by atoms with E-state index in [1.807, 2.05) is 25.2 Å². The zero-order valence-corrected chi connectivity index (χ0v) is 7.87. The maximum absolute atomic E-state index is 11.1. The maximum Gasteiger partial charge on any atom is 0.252 e. The van der Waals surface area contributed by atoms with Gasteiger partial charge in [0, 0.05) is 18.3 Å². The molecule has 1 aliphatic rings. The van der Waals surface area contributed by atoms with Crippen LogP contribution >= 0.6 is 0 Å². The highest BCUT2D eigenvalue weighted by molar-refractivity contribution is 6.12. The number of nitrogens with zero attached hydrogens (tertiary/aromatic N) is 1. The number of hydrogen-bond acceptors (Lipinski definition) is 3. The molecule has 4 nitrogen and oxygen atoms in total. The van der Waals surface area contributed by atoms with Gasteiger partial charge in [-0.2, -0.15) is 4.99 Å². The lowest BCUT2D eigenvalue weighted by molar-refractivity contribution is -0.117. The Balaban J connectivity index is 2.63. The van der Waals surface area contributed by atoms with Gasteiger partial charge in [0.05, 0.1) is 6.42 Å². The highest BCUT2D eigenvalue weighted by Crippen LogP contribution is 2.22. The summed E-state index contributed by atoms with van der Waals surface area (Å²) in [6.07, 6.45) is 0.339. The van der Waals surface area contributed by atoms with Crippen molar-refractivity contribution in [2.75, 3.05) is 12.4 Å². The normalized spacial score (nSPS) is 14.6. The zero-order valence-electron chi connectivity index (χ0n) is 7.87. The quantitative estimate of drug-likeness (QED) is 0.676. The first kappa shape index (κ1) is 8.74. The fraction of sp³-hybridized carbons (Fsp3) is 0.200. The molecular formula is C10H11N3O. The third-order valence-corrected chi connectivity index (χ3v) is 2.26. The Morgan fingerprint density at radius 2 is 2.29 bits per heavy atom. The fourth-order valence-corrected chi connectivity index (χ4v) is 1.65. The van der Waals surface area contributed by atoms with Gasteiger partial charge >= 0.3 is 0 Å². The minimum absolute atomic E-state index is 0.178. The lowest BCUT2D eigenvalue weighted by atomic mass is 9.99. The van der Waals surface area contributed by atoms with Crippen LogP contribution in [0.4, 0.5) is 5.69 Å². The van der Waals surface area contributed by atoms with Gasteiger partial charge in [-0.05, 0) is 11.6 Å². The minimum atomic E-state index is -0.178. The Bertz CT molecular complexity index is 423. The number of anilines is 1. The number of rotatable bonds is 1. The van der Waals surface area contributed by atoms with Crippen LogP contribution in [0.25, 0.3) is 0 Å². The molecule has 0 aliphatic carbocycles. The third-order valence-electron chi connectivity index (χ3n) is 2.26. The summed E-state index contributed by atoms with van der Waals surface area (Å²) in [5.41, 5.74) is 8.41. The van der Waals surface area contributed by atoms with Crippen molar-refractivity contribution in [2.45, 2.75) is 6.42 Å². The van der Waals surface area contributed by atoms with Gasteiger partial charge in [0.2, 0.25) is 0 Å². The molecule has 0 saturated carbocycles. The van der Waals surface area contributed by atoms with Crippen LogP contribution in [0.1, 0.15) is 11.1 Å². The largest absolute Gasteiger partial charge is 0.388 e. The van der Waals surface area contributed by atoms with Crippen LogP contribution < -0.4 is 11.1 Å². The van der Waals surface area contributed by atoms with Crippen LogP contribution in [-0.4, -0.2) is 18.8 Å². The zero-order chi connectivity index (χ0) is 10.1. The number of carbonyl (C=O) groups is 1. The van der Waals surface area contributed by atoms with Crippen molar-refractivity contribution in [2.24, 2.45) is 10.7 Å². The van der Waals surface area contributed by atoms with Crippen LogP contribution in [0, 0.1) is 0 Å². The molecule has 3 N–H and O–H groups in total. The number of benzene rings is 1. The average Bonchev–Trinajstić information content (AvgIpc) is 2.16. The summed E-state index contributed by atoms with van der Waals surface area (Å²) in [6.45, 7) is 0. The molecule has 4 heteroatoms. The van der Waals surface area contributed by atoms with Crippen LogP contribution in [0.2, 0.25) is 0 Å². The van der Waals surface area contributed by atoms with E-state index in [0.29, 0.717) is 12.3 Å². The predicted molar refractivity (Wildman–Crippen MR) is 55.4 cm³/mol. The Kier molecular flexibility index (Phi) is 1.96. The van der Waals surface area contributed by atoms with Crippen molar-refractivity contribution >= 4 is 17.4 Å². The van der Waals surface area contributed by atoms with E-state index in [1.165, 1.54) is 0 Å². The van der Waals surface area contributed by atoms with Crippen LogP contribution in [-0.2, 0) is 11.2 Å². The Labute approximate surface area is 81.8 Å². The number of carbonyl (C=O) groups excluding carboxylic acids is 1. The van der Waals surface area contributed by atoms with E-state index in [9.17, 15) is 4.79 Å². The number of amidine groups is 1. The number of amides is 1. The van der Waals surface area contributed by atoms with Gasteiger partial charge in [-0.25, -0.2) is 0 Å². The second-order valence-corrected chi connectivity index (χ2v) is 3.16. The topological polar surface area (TPSA) is 67.5 Å². The van der Waals surface area contributed by atoms with E-state index in [2.05, 4.69) is 10.3 Å². The molecule has 0 saturated heterocycles. The summed E-state index contributed by atoms with van der Waals surface area (Å²) < 4.78 is 0. The first-order chi connectivity index (χ1) is 6.72. The van der Waals surface area contributed by atoms with Crippen molar-refractivity contribution in [3.05, 3.63) is 29.3 Å². The Morgan fingerprint density at radius 3 is 3.00 bits per heavy atom. The molecule has 0 fully saturated rings. The van der Waals surface area contributed by atoms with Crippen LogP contribution in [0.3, 0.4) is 0 Å².